The largest absolute Gasteiger partial charge is 0.317 e. The zero-order chi connectivity index (χ0) is 14.9. The summed E-state index contributed by atoms with van der Waals surface area (Å²) in [7, 11) is 0. The summed E-state index contributed by atoms with van der Waals surface area (Å²) in [5, 5.41) is 3.39. The molecule has 1 unspecified atom stereocenters. The Bertz CT molecular complexity index is 385. The van der Waals surface area contributed by atoms with Crippen LogP contribution in [0.25, 0.3) is 0 Å². The van der Waals surface area contributed by atoms with Crippen molar-refractivity contribution in [3.8, 4) is 0 Å². The summed E-state index contributed by atoms with van der Waals surface area (Å²) in [4.78, 5) is 2.64. The van der Waals surface area contributed by atoms with Crippen LogP contribution in [-0.2, 0) is 13.0 Å². The summed E-state index contributed by atoms with van der Waals surface area (Å²) < 4.78 is 0. The molecule has 0 bridgehead atoms. The average molecular weight is 288 g/mol. The van der Waals surface area contributed by atoms with E-state index in [9.17, 15) is 0 Å². The number of hydrogen-bond acceptors (Lipinski definition) is 2. The minimum atomic E-state index is 0.962. The third kappa shape index (κ3) is 5.80. The molecule has 1 aliphatic rings. The molecular weight excluding hydrogens is 256 g/mol. The fraction of sp³-hybridized carbons (Fsp3) is 0.684. The molecule has 118 valence electrons. The highest BCUT2D eigenvalue weighted by molar-refractivity contribution is 5.22. The number of nitrogens with one attached hydrogen (secondary N) is 1. The standard InChI is InChI=1S/C19H32N2/c1-3-17-6-5-14-21(15-12-17)16-19-9-7-18(8-10-19)11-13-20-4-2/h7-10,17,20H,3-6,11-16H2,1-2H3. The van der Waals surface area contributed by atoms with Gasteiger partial charge in [-0.1, -0.05) is 44.5 Å². The number of benzene rings is 1. The van der Waals surface area contributed by atoms with Crippen molar-refractivity contribution in [2.24, 2.45) is 5.92 Å². The molecule has 0 radical (unpaired) electrons. The summed E-state index contributed by atoms with van der Waals surface area (Å²) >= 11 is 0. The Labute approximate surface area is 130 Å². The van der Waals surface area contributed by atoms with Gasteiger partial charge in [-0.25, -0.2) is 0 Å². The smallest absolute Gasteiger partial charge is 0.0233 e. The second-order valence-corrected chi connectivity index (χ2v) is 6.40. The van der Waals surface area contributed by atoms with Crippen LogP contribution >= 0.6 is 0 Å². The van der Waals surface area contributed by atoms with Crippen molar-refractivity contribution in [3.05, 3.63) is 35.4 Å². The second-order valence-electron chi connectivity index (χ2n) is 6.40. The van der Waals surface area contributed by atoms with Gasteiger partial charge in [0.1, 0.15) is 0 Å². The molecule has 0 amide bonds. The molecule has 1 heterocycles. The molecule has 0 saturated carbocycles. The van der Waals surface area contributed by atoms with Gasteiger partial charge in [0.05, 0.1) is 0 Å². The van der Waals surface area contributed by atoms with Crippen molar-refractivity contribution in [3.63, 3.8) is 0 Å². The van der Waals surface area contributed by atoms with E-state index in [-0.39, 0.29) is 0 Å². The van der Waals surface area contributed by atoms with E-state index in [4.69, 9.17) is 0 Å². The van der Waals surface area contributed by atoms with E-state index in [2.05, 4.69) is 48.3 Å². The van der Waals surface area contributed by atoms with Crippen molar-refractivity contribution in [1.82, 2.24) is 10.2 Å². The minimum absolute atomic E-state index is 0.962. The normalized spacial score (nSPS) is 20.4. The van der Waals surface area contributed by atoms with Gasteiger partial charge in [-0.3, -0.25) is 4.90 Å². The molecule has 21 heavy (non-hydrogen) atoms. The van der Waals surface area contributed by atoms with E-state index in [0.717, 1.165) is 32.0 Å². The maximum atomic E-state index is 3.39. The molecule has 2 rings (SSSR count). The Morgan fingerprint density at radius 3 is 2.52 bits per heavy atom. The van der Waals surface area contributed by atoms with E-state index in [0.29, 0.717) is 0 Å². The fourth-order valence-electron chi connectivity index (χ4n) is 3.27. The molecule has 2 nitrogen and oxygen atoms in total. The number of rotatable bonds is 7. The minimum Gasteiger partial charge on any atom is -0.317 e. The van der Waals surface area contributed by atoms with Crippen molar-refractivity contribution >= 4 is 0 Å². The number of likely N-dealkylation sites (N-methyl/N-ethyl adjacent to an activating group) is 1. The van der Waals surface area contributed by atoms with Crippen LogP contribution in [0.15, 0.2) is 24.3 Å². The third-order valence-electron chi connectivity index (χ3n) is 4.79. The molecule has 2 heteroatoms. The van der Waals surface area contributed by atoms with Crippen LogP contribution in [0.2, 0.25) is 0 Å². The summed E-state index contributed by atoms with van der Waals surface area (Å²) in [6, 6.07) is 9.26. The van der Waals surface area contributed by atoms with Gasteiger partial charge in [-0.15, -0.1) is 0 Å². The monoisotopic (exact) mass is 288 g/mol. The van der Waals surface area contributed by atoms with E-state index < -0.39 is 0 Å². The van der Waals surface area contributed by atoms with Gasteiger partial charge < -0.3 is 5.32 Å². The van der Waals surface area contributed by atoms with Crippen molar-refractivity contribution in [2.45, 2.75) is 52.5 Å². The van der Waals surface area contributed by atoms with Crippen LogP contribution < -0.4 is 5.32 Å². The molecule has 1 fully saturated rings. The molecule has 1 atom stereocenters. The van der Waals surface area contributed by atoms with Gasteiger partial charge in [-0.05, 0) is 68.9 Å². The Kier molecular flexibility index (Phi) is 7.25. The van der Waals surface area contributed by atoms with Crippen LogP contribution in [-0.4, -0.2) is 31.1 Å². The second kappa shape index (κ2) is 9.22. The Hall–Kier alpha value is -0.860. The lowest BCUT2D eigenvalue weighted by Crippen LogP contribution is -2.24. The summed E-state index contributed by atoms with van der Waals surface area (Å²) in [5.74, 6) is 0.962. The lowest BCUT2D eigenvalue weighted by Gasteiger charge is -2.20. The molecule has 0 spiro atoms. The molecule has 1 N–H and O–H groups in total. The first-order valence-corrected chi connectivity index (χ1v) is 8.82. The molecule has 1 aromatic rings. The average Bonchev–Trinajstić information content (AvgIpc) is 2.74. The Morgan fingerprint density at radius 1 is 1.05 bits per heavy atom. The van der Waals surface area contributed by atoms with Gasteiger partial charge in [0.25, 0.3) is 0 Å². The zero-order valence-corrected chi connectivity index (χ0v) is 13.9. The molecule has 0 aliphatic carbocycles. The van der Waals surface area contributed by atoms with Crippen LogP contribution in [0.1, 0.15) is 50.7 Å². The van der Waals surface area contributed by atoms with Gasteiger partial charge >= 0.3 is 0 Å². The van der Waals surface area contributed by atoms with Gasteiger partial charge in [0.15, 0.2) is 0 Å². The predicted octanol–water partition coefficient (Wildman–Crippen LogP) is 3.85. The fourth-order valence-corrected chi connectivity index (χ4v) is 3.27. The molecular formula is C19H32N2. The summed E-state index contributed by atoms with van der Waals surface area (Å²) in [6.45, 7) is 10.3. The van der Waals surface area contributed by atoms with Crippen molar-refractivity contribution in [1.29, 1.82) is 0 Å². The Morgan fingerprint density at radius 2 is 1.81 bits per heavy atom. The number of hydrogen-bond donors (Lipinski definition) is 1. The first-order chi connectivity index (χ1) is 10.3. The lowest BCUT2D eigenvalue weighted by atomic mass is 9.98. The van der Waals surface area contributed by atoms with Crippen LogP contribution in [0.3, 0.4) is 0 Å². The van der Waals surface area contributed by atoms with Crippen LogP contribution in [0, 0.1) is 5.92 Å². The molecule has 1 aromatic carbocycles. The van der Waals surface area contributed by atoms with E-state index in [1.807, 2.05) is 0 Å². The van der Waals surface area contributed by atoms with Gasteiger partial charge in [0, 0.05) is 6.54 Å². The summed E-state index contributed by atoms with van der Waals surface area (Å²) in [6.07, 6.45) is 6.68. The Balaban J connectivity index is 1.79. The highest BCUT2D eigenvalue weighted by atomic mass is 15.1. The first-order valence-electron chi connectivity index (χ1n) is 8.82. The van der Waals surface area contributed by atoms with Crippen molar-refractivity contribution < 1.29 is 0 Å². The van der Waals surface area contributed by atoms with Crippen LogP contribution in [0.5, 0.6) is 0 Å². The molecule has 1 saturated heterocycles. The van der Waals surface area contributed by atoms with Gasteiger partial charge in [0.2, 0.25) is 0 Å². The summed E-state index contributed by atoms with van der Waals surface area (Å²) in [5.41, 5.74) is 2.92. The van der Waals surface area contributed by atoms with Gasteiger partial charge in [-0.2, -0.15) is 0 Å². The predicted molar refractivity (Wildman–Crippen MR) is 91.6 cm³/mol. The topological polar surface area (TPSA) is 15.3 Å². The van der Waals surface area contributed by atoms with E-state index >= 15 is 0 Å². The maximum absolute atomic E-state index is 3.39. The lowest BCUT2D eigenvalue weighted by molar-refractivity contribution is 0.272. The first kappa shape index (κ1) is 16.5. The highest BCUT2D eigenvalue weighted by Crippen LogP contribution is 2.21. The van der Waals surface area contributed by atoms with E-state index in [1.54, 1.807) is 0 Å². The third-order valence-corrected chi connectivity index (χ3v) is 4.79. The zero-order valence-electron chi connectivity index (χ0n) is 13.9. The van der Waals surface area contributed by atoms with Crippen LogP contribution in [0.4, 0.5) is 0 Å². The highest BCUT2D eigenvalue weighted by Gasteiger charge is 2.15. The number of likely N-dealkylation sites (tertiary alicyclic amines) is 1. The van der Waals surface area contributed by atoms with E-state index in [1.165, 1.54) is 49.9 Å². The number of nitrogens with zero attached hydrogens (tertiary/aromatic N) is 1. The molecule has 1 aliphatic heterocycles. The SMILES string of the molecule is CCNCCc1ccc(CN2CCCC(CC)CC2)cc1. The molecule has 0 aromatic heterocycles. The maximum Gasteiger partial charge on any atom is 0.0233 e. The van der Waals surface area contributed by atoms with Crippen molar-refractivity contribution in [2.75, 3.05) is 26.2 Å². The quantitative estimate of drug-likeness (QED) is 0.767.